The van der Waals surface area contributed by atoms with Crippen LogP contribution in [-0.2, 0) is 22.7 Å². The van der Waals surface area contributed by atoms with Gasteiger partial charge in [0, 0.05) is 17.1 Å². The summed E-state index contributed by atoms with van der Waals surface area (Å²) in [6.07, 6.45) is 0. The van der Waals surface area contributed by atoms with Gasteiger partial charge in [-0.2, -0.15) is 0 Å². The number of methoxy groups -OCH3 is 1. The molecule has 1 amide bonds. The summed E-state index contributed by atoms with van der Waals surface area (Å²) in [5.41, 5.74) is 3.75. The quantitative estimate of drug-likeness (QED) is 0.147. The van der Waals surface area contributed by atoms with Crippen molar-refractivity contribution in [2.75, 3.05) is 7.11 Å². The van der Waals surface area contributed by atoms with Crippen molar-refractivity contribution in [3.05, 3.63) is 135 Å². The highest BCUT2D eigenvalue weighted by molar-refractivity contribution is 6.46. The Morgan fingerprint density at radius 2 is 1.60 bits per heavy atom. The van der Waals surface area contributed by atoms with Crippen LogP contribution in [0.15, 0.2) is 103 Å². The number of aliphatic hydroxyl groups excluding tert-OH is 1. The Kier molecular flexibility index (Phi) is 7.89. The first-order chi connectivity index (χ1) is 19.4. The van der Waals surface area contributed by atoms with Gasteiger partial charge in [-0.15, -0.1) is 0 Å². The van der Waals surface area contributed by atoms with Gasteiger partial charge in [0.2, 0.25) is 0 Å². The molecule has 1 aliphatic rings. The summed E-state index contributed by atoms with van der Waals surface area (Å²) in [7, 11) is 1.58. The lowest BCUT2D eigenvalue weighted by Gasteiger charge is -2.25. The van der Waals surface area contributed by atoms with Crippen molar-refractivity contribution >= 4 is 29.1 Å². The molecule has 1 aliphatic heterocycles. The summed E-state index contributed by atoms with van der Waals surface area (Å²) in [5, 5.41) is 12.0. The van der Waals surface area contributed by atoms with Crippen LogP contribution in [0, 0.1) is 6.92 Å². The van der Waals surface area contributed by atoms with E-state index in [4.69, 9.17) is 21.1 Å². The number of rotatable bonds is 8. The topological polar surface area (TPSA) is 76.1 Å². The number of carbonyl (C=O) groups excluding carboxylic acids is 2. The number of ether oxygens (including phenoxy) is 2. The molecule has 1 atom stereocenters. The molecule has 1 saturated heterocycles. The van der Waals surface area contributed by atoms with Crippen LogP contribution < -0.4 is 9.47 Å². The molecule has 0 bridgehead atoms. The molecule has 202 valence electrons. The summed E-state index contributed by atoms with van der Waals surface area (Å²) < 4.78 is 11.2. The maximum atomic E-state index is 13.4. The second-order valence-corrected chi connectivity index (χ2v) is 10.0. The van der Waals surface area contributed by atoms with Crippen LogP contribution in [0.5, 0.6) is 11.5 Å². The number of aryl methyl sites for hydroxylation is 1. The molecule has 6 nitrogen and oxygen atoms in total. The third kappa shape index (κ3) is 5.58. The molecule has 0 radical (unpaired) electrons. The van der Waals surface area contributed by atoms with Gasteiger partial charge >= 0.3 is 0 Å². The van der Waals surface area contributed by atoms with Crippen molar-refractivity contribution < 1.29 is 24.2 Å². The van der Waals surface area contributed by atoms with E-state index < -0.39 is 17.7 Å². The SMILES string of the molecule is COc1ccc(CN2C(=O)C(=O)/C(=C(\O)c3ccc(OCc4ccccc4)c(C)c3)C2c2ccc(Cl)cc2)cc1. The van der Waals surface area contributed by atoms with Gasteiger partial charge < -0.3 is 19.5 Å². The fraction of sp³-hybridized carbons (Fsp3) is 0.152. The average Bonchev–Trinajstić information content (AvgIpc) is 3.22. The molecular weight excluding hydrogens is 526 g/mol. The second-order valence-electron chi connectivity index (χ2n) is 9.58. The van der Waals surface area contributed by atoms with E-state index in [1.807, 2.05) is 49.4 Å². The lowest BCUT2D eigenvalue weighted by atomic mass is 9.94. The van der Waals surface area contributed by atoms with Crippen molar-refractivity contribution in [2.24, 2.45) is 0 Å². The predicted molar refractivity (Wildman–Crippen MR) is 154 cm³/mol. The van der Waals surface area contributed by atoms with Gasteiger partial charge in [-0.1, -0.05) is 66.2 Å². The van der Waals surface area contributed by atoms with Crippen molar-refractivity contribution in [1.29, 1.82) is 0 Å². The monoisotopic (exact) mass is 553 g/mol. The highest BCUT2D eigenvalue weighted by Crippen LogP contribution is 2.41. The van der Waals surface area contributed by atoms with E-state index in [1.54, 1.807) is 61.7 Å². The van der Waals surface area contributed by atoms with Crippen LogP contribution in [0.1, 0.15) is 33.9 Å². The molecule has 1 fully saturated rings. The van der Waals surface area contributed by atoms with Crippen molar-refractivity contribution in [3.63, 3.8) is 0 Å². The van der Waals surface area contributed by atoms with Gasteiger partial charge in [0.1, 0.15) is 23.9 Å². The number of ketones is 1. The van der Waals surface area contributed by atoms with Gasteiger partial charge in [-0.25, -0.2) is 0 Å². The van der Waals surface area contributed by atoms with Crippen molar-refractivity contribution in [2.45, 2.75) is 26.1 Å². The molecule has 4 aromatic rings. The molecule has 0 aliphatic carbocycles. The second kappa shape index (κ2) is 11.7. The zero-order chi connectivity index (χ0) is 28.2. The number of halogens is 1. The number of likely N-dealkylation sites (tertiary alicyclic amines) is 1. The molecular formula is C33H28ClNO5. The first kappa shape index (κ1) is 27.0. The van der Waals surface area contributed by atoms with E-state index in [2.05, 4.69) is 0 Å². The molecule has 5 rings (SSSR count). The molecule has 4 aromatic carbocycles. The van der Waals surface area contributed by atoms with Crippen LogP contribution in [-0.4, -0.2) is 28.8 Å². The van der Waals surface area contributed by atoms with Gasteiger partial charge in [0.15, 0.2) is 0 Å². The summed E-state index contributed by atoms with van der Waals surface area (Å²) in [4.78, 5) is 28.2. The van der Waals surface area contributed by atoms with Crippen LogP contribution in [0.2, 0.25) is 5.02 Å². The van der Waals surface area contributed by atoms with E-state index in [0.717, 1.165) is 16.7 Å². The van der Waals surface area contributed by atoms with E-state index in [-0.39, 0.29) is 17.9 Å². The molecule has 7 heteroatoms. The average molecular weight is 554 g/mol. The first-order valence-electron chi connectivity index (χ1n) is 12.8. The smallest absolute Gasteiger partial charge is 0.295 e. The Bertz CT molecular complexity index is 1560. The molecule has 0 aromatic heterocycles. The maximum absolute atomic E-state index is 13.4. The predicted octanol–water partition coefficient (Wildman–Crippen LogP) is 6.86. The number of amides is 1. The third-order valence-corrected chi connectivity index (χ3v) is 7.18. The van der Waals surface area contributed by atoms with Crippen molar-refractivity contribution in [1.82, 2.24) is 4.90 Å². The number of benzene rings is 4. The summed E-state index contributed by atoms with van der Waals surface area (Å²) in [6, 6.07) is 28.4. The lowest BCUT2D eigenvalue weighted by Crippen LogP contribution is -2.29. The minimum atomic E-state index is -0.798. The molecule has 1 N–H and O–H groups in total. The zero-order valence-electron chi connectivity index (χ0n) is 22.1. The summed E-state index contributed by atoms with van der Waals surface area (Å²) in [5.74, 6) is -0.320. The molecule has 40 heavy (non-hydrogen) atoms. The lowest BCUT2D eigenvalue weighted by molar-refractivity contribution is -0.140. The van der Waals surface area contributed by atoms with E-state index in [0.29, 0.717) is 34.3 Å². The Labute approximate surface area is 238 Å². The Morgan fingerprint density at radius 1 is 0.900 bits per heavy atom. The Balaban J connectivity index is 1.50. The van der Waals surface area contributed by atoms with Gasteiger partial charge in [0.25, 0.3) is 11.7 Å². The zero-order valence-corrected chi connectivity index (χ0v) is 22.9. The van der Waals surface area contributed by atoms with Crippen LogP contribution in [0.3, 0.4) is 0 Å². The number of hydrogen-bond acceptors (Lipinski definition) is 5. The standard InChI is InChI=1S/C33H28ClNO5/c1-21-18-25(12-17-28(21)40-20-23-6-4-3-5-7-23)31(36)29-30(24-10-13-26(34)14-11-24)35(33(38)32(29)37)19-22-8-15-27(39-2)16-9-22/h3-18,30,36H,19-20H2,1-2H3/b31-29-. The minimum Gasteiger partial charge on any atom is -0.507 e. The normalized spacial score (nSPS) is 16.3. The van der Waals surface area contributed by atoms with Gasteiger partial charge in [0.05, 0.1) is 18.7 Å². The van der Waals surface area contributed by atoms with E-state index in [9.17, 15) is 14.7 Å². The Hall–Kier alpha value is -4.55. The van der Waals surface area contributed by atoms with Crippen LogP contribution in [0.25, 0.3) is 5.76 Å². The highest BCUT2D eigenvalue weighted by atomic mass is 35.5. The minimum absolute atomic E-state index is 0.0261. The van der Waals surface area contributed by atoms with E-state index in [1.165, 1.54) is 4.90 Å². The van der Waals surface area contributed by atoms with Crippen LogP contribution >= 0.6 is 11.6 Å². The number of Topliss-reactive ketones (excluding diaryl/α,β-unsaturated/α-hetero) is 1. The molecule has 0 spiro atoms. The fourth-order valence-corrected chi connectivity index (χ4v) is 4.94. The molecule has 1 heterocycles. The fourth-order valence-electron chi connectivity index (χ4n) is 4.81. The molecule has 0 saturated carbocycles. The Morgan fingerprint density at radius 3 is 2.25 bits per heavy atom. The van der Waals surface area contributed by atoms with Gasteiger partial charge in [-0.05, 0) is 71.6 Å². The maximum Gasteiger partial charge on any atom is 0.295 e. The third-order valence-electron chi connectivity index (χ3n) is 6.92. The van der Waals surface area contributed by atoms with Crippen LogP contribution in [0.4, 0.5) is 0 Å². The van der Waals surface area contributed by atoms with Crippen molar-refractivity contribution in [3.8, 4) is 11.5 Å². The number of carbonyl (C=O) groups is 2. The summed E-state index contributed by atoms with van der Waals surface area (Å²) >= 11 is 6.13. The number of aliphatic hydroxyl groups is 1. The number of hydrogen-bond donors (Lipinski definition) is 1. The highest BCUT2D eigenvalue weighted by Gasteiger charge is 2.46. The van der Waals surface area contributed by atoms with Gasteiger partial charge in [-0.3, -0.25) is 9.59 Å². The first-order valence-corrected chi connectivity index (χ1v) is 13.2. The molecule has 1 unspecified atom stereocenters. The summed E-state index contributed by atoms with van der Waals surface area (Å²) in [6.45, 7) is 2.44. The number of nitrogens with zero attached hydrogens (tertiary/aromatic N) is 1. The van der Waals surface area contributed by atoms with E-state index >= 15 is 0 Å². The largest absolute Gasteiger partial charge is 0.507 e.